The lowest BCUT2D eigenvalue weighted by Crippen LogP contribution is -2.42. The molecule has 0 bridgehead atoms. The molecule has 1 aliphatic heterocycles. The fourth-order valence-corrected chi connectivity index (χ4v) is 6.04. The van der Waals surface area contributed by atoms with E-state index in [-0.39, 0.29) is 0 Å². The first-order chi connectivity index (χ1) is 14.1. The van der Waals surface area contributed by atoms with E-state index in [0.717, 1.165) is 17.0 Å². The van der Waals surface area contributed by atoms with Gasteiger partial charge in [-0.3, -0.25) is 4.90 Å². The van der Waals surface area contributed by atoms with Crippen LogP contribution in [0.5, 0.6) is 0 Å². The topological polar surface area (TPSA) is 3.24 Å². The predicted molar refractivity (Wildman–Crippen MR) is 127 cm³/mol. The molecule has 3 heteroatoms. The molecule has 1 saturated heterocycles. The second kappa shape index (κ2) is 9.73. The molecule has 2 atom stereocenters. The van der Waals surface area contributed by atoms with E-state index < -0.39 is 0 Å². The maximum atomic E-state index is 6.11. The summed E-state index contributed by atoms with van der Waals surface area (Å²) in [6.07, 6.45) is 8.13. The average Bonchev–Trinajstić information content (AvgIpc) is 2.74. The molecule has 2 aromatic carbocycles. The van der Waals surface area contributed by atoms with E-state index in [1.807, 2.05) is 18.2 Å². The molecule has 1 heterocycles. The van der Waals surface area contributed by atoms with E-state index in [1.165, 1.54) is 72.5 Å². The first-order valence-electron chi connectivity index (χ1n) is 11.0. The van der Waals surface area contributed by atoms with Crippen LogP contribution in [-0.2, 0) is 0 Å². The van der Waals surface area contributed by atoms with E-state index in [9.17, 15) is 0 Å². The normalized spacial score (nSPS) is 23.2. The zero-order valence-electron chi connectivity index (χ0n) is 17.7. The van der Waals surface area contributed by atoms with Gasteiger partial charge in [-0.15, -0.1) is 0 Å². The Kier molecular flexibility index (Phi) is 7.05. The molecule has 4 rings (SSSR count). The van der Waals surface area contributed by atoms with Gasteiger partial charge in [0.1, 0.15) is 0 Å². The Morgan fingerprint density at radius 3 is 2.45 bits per heavy atom. The molecule has 0 amide bonds. The number of halogens is 1. The van der Waals surface area contributed by atoms with Gasteiger partial charge in [0.25, 0.3) is 0 Å². The summed E-state index contributed by atoms with van der Waals surface area (Å²) in [6.45, 7) is 7.23. The van der Waals surface area contributed by atoms with Gasteiger partial charge in [0.15, 0.2) is 0 Å². The van der Waals surface area contributed by atoms with Crippen molar-refractivity contribution in [2.45, 2.75) is 68.2 Å². The van der Waals surface area contributed by atoms with Gasteiger partial charge in [-0.2, -0.15) is 0 Å². The molecule has 2 aromatic rings. The first-order valence-corrected chi connectivity index (χ1v) is 12.2. The van der Waals surface area contributed by atoms with Crippen molar-refractivity contribution >= 4 is 28.9 Å². The van der Waals surface area contributed by atoms with Crippen LogP contribution in [-0.4, -0.2) is 24.0 Å². The highest BCUT2D eigenvalue weighted by Crippen LogP contribution is 2.34. The number of hydrogen-bond donors (Lipinski definition) is 0. The largest absolute Gasteiger partial charge is 0.300 e. The number of rotatable bonds is 4. The summed E-state index contributed by atoms with van der Waals surface area (Å²) in [5.74, 6) is 0.913. The second-order valence-electron chi connectivity index (χ2n) is 8.77. The van der Waals surface area contributed by atoms with Crippen LogP contribution >= 0.6 is 23.4 Å². The van der Waals surface area contributed by atoms with Crippen LogP contribution in [0.1, 0.15) is 57.9 Å². The van der Waals surface area contributed by atoms with Crippen molar-refractivity contribution < 1.29 is 0 Å². The Morgan fingerprint density at radius 2 is 1.76 bits per heavy atom. The Hall–Kier alpha value is -1.22. The van der Waals surface area contributed by atoms with Gasteiger partial charge >= 0.3 is 0 Å². The van der Waals surface area contributed by atoms with Crippen molar-refractivity contribution in [1.82, 2.24) is 4.90 Å². The number of likely N-dealkylation sites (tertiary alicyclic amines) is 1. The molecule has 0 unspecified atom stereocenters. The molecule has 0 radical (unpaired) electrons. The molecule has 1 nitrogen and oxygen atoms in total. The van der Waals surface area contributed by atoms with E-state index in [1.54, 1.807) is 17.3 Å². The molecule has 0 N–H and O–H groups in total. The van der Waals surface area contributed by atoms with Crippen molar-refractivity contribution in [3.63, 3.8) is 0 Å². The quantitative estimate of drug-likeness (QED) is 0.489. The molecule has 0 aromatic heterocycles. The van der Waals surface area contributed by atoms with E-state index in [2.05, 4.69) is 49.1 Å². The molecule has 2 aliphatic rings. The van der Waals surface area contributed by atoms with Crippen LogP contribution in [0.2, 0.25) is 5.02 Å². The minimum atomic E-state index is 0.793. The summed E-state index contributed by atoms with van der Waals surface area (Å²) in [7, 11) is 0. The van der Waals surface area contributed by atoms with Crippen molar-refractivity contribution in [3.05, 3.63) is 64.7 Å². The molecular formula is C26H32ClNS. The molecular weight excluding hydrogens is 394 g/mol. The highest BCUT2D eigenvalue weighted by atomic mass is 35.5. The number of nitrogens with zero attached hydrogens (tertiary/aromatic N) is 1. The summed E-state index contributed by atoms with van der Waals surface area (Å²) >= 11 is 7.87. The Bertz CT molecular complexity index is 847. The van der Waals surface area contributed by atoms with Crippen LogP contribution in [0, 0.1) is 5.92 Å². The van der Waals surface area contributed by atoms with Crippen LogP contribution in [0.4, 0.5) is 0 Å². The molecule has 2 fully saturated rings. The fraction of sp³-hybridized carbons (Fsp3) is 0.462. The van der Waals surface area contributed by atoms with Crippen molar-refractivity contribution in [1.29, 1.82) is 0 Å². The van der Waals surface area contributed by atoms with Gasteiger partial charge in [-0.1, -0.05) is 66.9 Å². The van der Waals surface area contributed by atoms with Crippen LogP contribution in [0.3, 0.4) is 0 Å². The van der Waals surface area contributed by atoms with Gasteiger partial charge < -0.3 is 0 Å². The zero-order valence-corrected chi connectivity index (χ0v) is 19.2. The average molecular weight is 426 g/mol. The predicted octanol–water partition coefficient (Wildman–Crippen LogP) is 7.94. The third kappa shape index (κ3) is 5.48. The number of piperidine rings is 1. The lowest BCUT2D eigenvalue weighted by atomic mass is 9.85. The SMILES string of the molecule is CC(=C1CCN([C@@H]2CCC[C@@H](C)C2)CC1)c1ccc(Sc2cccc(Cl)c2)cc1. The van der Waals surface area contributed by atoms with E-state index in [0.29, 0.717) is 0 Å². The van der Waals surface area contributed by atoms with Crippen LogP contribution in [0.15, 0.2) is 63.9 Å². The summed E-state index contributed by atoms with van der Waals surface area (Å²) in [5, 5.41) is 0.793. The minimum absolute atomic E-state index is 0.793. The summed E-state index contributed by atoms with van der Waals surface area (Å²) in [4.78, 5) is 5.22. The summed E-state index contributed by atoms with van der Waals surface area (Å²) in [5.41, 5.74) is 4.51. The number of allylic oxidation sites excluding steroid dienone is 1. The van der Waals surface area contributed by atoms with Crippen LogP contribution < -0.4 is 0 Å². The molecule has 1 aliphatic carbocycles. The Labute approximate surface area is 185 Å². The second-order valence-corrected chi connectivity index (χ2v) is 10.4. The number of hydrogen-bond acceptors (Lipinski definition) is 2. The van der Waals surface area contributed by atoms with Gasteiger partial charge in [0.05, 0.1) is 0 Å². The van der Waals surface area contributed by atoms with E-state index in [4.69, 9.17) is 11.6 Å². The van der Waals surface area contributed by atoms with Gasteiger partial charge in [0, 0.05) is 33.9 Å². The summed E-state index contributed by atoms with van der Waals surface area (Å²) < 4.78 is 0. The monoisotopic (exact) mass is 425 g/mol. The maximum absolute atomic E-state index is 6.11. The lowest BCUT2D eigenvalue weighted by molar-refractivity contribution is 0.126. The van der Waals surface area contributed by atoms with Crippen LogP contribution in [0.25, 0.3) is 5.57 Å². The molecule has 154 valence electrons. The highest BCUT2D eigenvalue weighted by Gasteiger charge is 2.27. The van der Waals surface area contributed by atoms with Crippen molar-refractivity contribution in [2.75, 3.05) is 13.1 Å². The Morgan fingerprint density at radius 1 is 1.00 bits per heavy atom. The van der Waals surface area contributed by atoms with Gasteiger partial charge in [-0.05, 0) is 80.0 Å². The fourth-order valence-electron chi connectivity index (χ4n) is 4.91. The smallest absolute Gasteiger partial charge is 0.0417 e. The Balaban J connectivity index is 1.37. The summed E-state index contributed by atoms with van der Waals surface area (Å²) in [6, 6.07) is 17.9. The van der Waals surface area contributed by atoms with Gasteiger partial charge in [-0.25, -0.2) is 0 Å². The van der Waals surface area contributed by atoms with Crippen molar-refractivity contribution in [2.24, 2.45) is 5.92 Å². The molecule has 29 heavy (non-hydrogen) atoms. The minimum Gasteiger partial charge on any atom is -0.300 e. The number of benzene rings is 2. The van der Waals surface area contributed by atoms with Gasteiger partial charge in [0.2, 0.25) is 0 Å². The highest BCUT2D eigenvalue weighted by molar-refractivity contribution is 7.99. The third-order valence-electron chi connectivity index (χ3n) is 6.68. The molecule has 1 saturated carbocycles. The van der Waals surface area contributed by atoms with E-state index >= 15 is 0 Å². The standard InChI is InChI=1S/C26H32ClNS/c1-19-5-3-7-24(17-19)28-15-13-22(14-16-28)20(2)21-9-11-25(12-10-21)29-26-8-4-6-23(27)18-26/h4,6,8-12,18-19,24H,3,5,7,13-17H2,1-2H3/t19-,24-/m1/s1. The lowest BCUT2D eigenvalue weighted by Gasteiger charge is -2.39. The molecule has 0 spiro atoms. The zero-order chi connectivity index (χ0) is 20.2. The first kappa shape index (κ1) is 21.0. The van der Waals surface area contributed by atoms with Crippen molar-refractivity contribution in [3.8, 4) is 0 Å². The third-order valence-corrected chi connectivity index (χ3v) is 7.91. The maximum Gasteiger partial charge on any atom is 0.0417 e.